The molecule has 0 atom stereocenters. The lowest BCUT2D eigenvalue weighted by Gasteiger charge is -2.03. The molecule has 2 aromatic rings. The van der Waals surface area contributed by atoms with E-state index >= 15 is 0 Å². The van der Waals surface area contributed by atoms with Gasteiger partial charge in [-0.25, -0.2) is 4.98 Å². The molecular weight excluding hydrogens is 290 g/mol. The van der Waals surface area contributed by atoms with Crippen LogP contribution in [0.15, 0.2) is 23.9 Å². The number of aromatic nitrogens is 5. The second-order valence-corrected chi connectivity index (χ2v) is 4.73. The highest BCUT2D eigenvalue weighted by Crippen LogP contribution is 2.17. The molecular formula is C10H10ClN5O2S. The maximum absolute atomic E-state index is 11.0. The van der Waals surface area contributed by atoms with Crippen LogP contribution in [0.5, 0.6) is 0 Å². The molecule has 0 N–H and O–H groups in total. The number of carbonyl (C=O) groups excluding carboxylic acids is 1. The number of carbonyl (C=O) groups is 1. The Morgan fingerprint density at radius 3 is 3.00 bits per heavy atom. The number of imidazole rings is 1. The lowest BCUT2D eigenvalue weighted by molar-refractivity contribution is -0.140. The third-order valence-corrected chi connectivity index (χ3v) is 3.09. The maximum atomic E-state index is 11.0. The highest BCUT2D eigenvalue weighted by atomic mass is 35.5. The van der Waals surface area contributed by atoms with E-state index in [1.165, 1.54) is 18.9 Å². The summed E-state index contributed by atoms with van der Waals surface area (Å²) in [5, 5.41) is 0.548. The van der Waals surface area contributed by atoms with Gasteiger partial charge in [-0.3, -0.25) is 9.36 Å². The molecule has 2 aromatic heterocycles. The number of halogens is 1. The Kier molecular flexibility index (Phi) is 4.69. The minimum atomic E-state index is -0.275. The number of esters is 1. The summed E-state index contributed by atoms with van der Waals surface area (Å²) < 4.78 is 6.17. The molecule has 19 heavy (non-hydrogen) atoms. The van der Waals surface area contributed by atoms with Crippen LogP contribution in [0, 0.1) is 0 Å². The SMILES string of the molecule is COC(=O)CCSc1nc(Cl)nc(-n2ccnc2)n1. The van der Waals surface area contributed by atoms with Crippen molar-refractivity contribution in [3.05, 3.63) is 24.0 Å². The fourth-order valence-corrected chi connectivity index (χ4v) is 2.16. The number of hydrogen-bond acceptors (Lipinski definition) is 7. The largest absolute Gasteiger partial charge is 0.469 e. The van der Waals surface area contributed by atoms with Gasteiger partial charge >= 0.3 is 5.97 Å². The molecule has 100 valence electrons. The van der Waals surface area contributed by atoms with Gasteiger partial charge in [0.25, 0.3) is 0 Å². The van der Waals surface area contributed by atoms with Crippen molar-refractivity contribution in [3.63, 3.8) is 0 Å². The Bertz CT molecular complexity index is 563. The number of hydrogen-bond donors (Lipinski definition) is 0. The van der Waals surface area contributed by atoms with Gasteiger partial charge in [0.05, 0.1) is 13.5 Å². The van der Waals surface area contributed by atoms with E-state index in [0.717, 1.165) is 0 Å². The normalized spacial score (nSPS) is 10.4. The summed E-state index contributed by atoms with van der Waals surface area (Å²) in [6.07, 6.45) is 5.16. The molecule has 0 spiro atoms. The molecule has 7 nitrogen and oxygen atoms in total. The summed E-state index contributed by atoms with van der Waals surface area (Å²) in [7, 11) is 1.35. The third kappa shape index (κ3) is 3.90. The summed E-state index contributed by atoms with van der Waals surface area (Å²) in [5.41, 5.74) is 0. The van der Waals surface area contributed by atoms with Crippen LogP contribution < -0.4 is 0 Å². The predicted octanol–water partition coefficient (Wildman–Crippen LogP) is 1.37. The number of rotatable bonds is 5. The fraction of sp³-hybridized carbons (Fsp3) is 0.300. The van der Waals surface area contributed by atoms with Crippen molar-refractivity contribution in [2.45, 2.75) is 11.6 Å². The summed E-state index contributed by atoms with van der Waals surface area (Å²) in [4.78, 5) is 27.1. The Hall–Kier alpha value is -1.67. The first-order valence-corrected chi connectivity index (χ1v) is 6.65. The van der Waals surface area contributed by atoms with Gasteiger partial charge in [0, 0.05) is 18.1 Å². The van der Waals surface area contributed by atoms with Gasteiger partial charge in [-0.15, -0.1) is 0 Å². The van der Waals surface area contributed by atoms with Crippen molar-refractivity contribution in [1.82, 2.24) is 24.5 Å². The highest BCUT2D eigenvalue weighted by molar-refractivity contribution is 7.99. The van der Waals surface area contributed by atoms with E-state index in [4.69, 9.17) is 11.6 Å². The topological polar surface area (TPSA) is 82.8 Å². The molecule has 0 bridgehead atoms. The average Bonchev–Trinajstić information content (AvgIpc) is 2.91. The molecule has 2 rings (SSSR count). The highest BCUT2D eigenvalue weighted by Gasteiger charge is 2.08. The second kappa shape index (κ2) is 6.48. The van der Waals surface area contributed by atoms with Crippen molar-refractivity contribution < 1.29 is 9.53 Å². The van der Waals surface area contributed by atoms with Gasteiger partial charge in [-0.1, -0.05) is 11.8 Å². The van der Waals surface area contributed by atoms with Gasteiger partial charge in [0.1, 0.15) is 6.33 Å². The zero-order valence-electron chi connectivity index (χ0n) is 9.99. The first-order valence-electron chi connectivity index (χ1n) is 5.28. The Labute approximate surface area is 118 Å². The molecule has 0 radical (unpaired) electrons. The molecule has 0 aromatic carbocycles. The van der Waals surface area contributed by atoms with E-state index in [2.05, 4.69) is 24.7 Å². The zero-order chi connectivity index (χ0) is 13.7. The van der Waals surface area contributed by atoms with Crippen molar-refractivity contribution in [2.75, 3.05) is 12.9 Å². The van der Waals surface area contributed by atoms with Crippen molar-refractivity contribution in [1.29, 1.82) is 0 Å². The molecule has 0 aliphatic heterocycles. The summed E-state index contributed by atoms with van der Waals surface area (Å²) >= 11 is 7.14. The Morgan fingerprint density at radius 1 is 1.47 bits per heavy atom. The predicted molar refractivity (Wildman–Crippen MR) is 69.3 cm³/mol. The van der Waals surface area contributed by atoms with E-state index in [1.807, 2.05) is 0 Å². The number of ether oxygens (including phenoxy) is 1. The van der Waals surface area contributed by atoms with Gasteiger partial charge in [-0.05, 0) is 11.6 Å². The van der Waals surface area contributed by atoms with E-state index in [1.54, 1.807) is 23.3 Å². The first-order chi connectivity index (χ1) is 9.19. The van der Waals surface area contributed by atoms with Crippen molar-refractivity contribution in [3.8, 4) is 5.95 Å². The third-order valence-electron chi connectivity index (χ3n) is 2.08. The van der Waals surface area contributed by atoms with E-state index in [9.17, 15) is 4.79 Å². The van der Waals surface area contributed by atoms with Crippen LogP contribution in [0.25, 0.3) is 5.95 Å². The standard InChI is InChI=1S/C10H10ClN5O2S/c1-18-7(17)2-5-19-10-14-8(11)13-9(15-10)16-4-3-12-6-16/h3-4,6H,2,5H2,1H3. The molecule has 2 heterocycles. The molecule has 9 heteroatoms. The van der Waals surface area contributed by atoms with Gasteiger partial charge in [-0.2, -0.15) is 15.0 Å². The Balaban J connectivity index is 2.07. The lowest BCUT2D eigenvalue weighted by atomic mass is 10.5. The lowest BCUT2D eigenvalue weighted by Crippen LogP contribution is -2.04. The van der Waals surface area contributed by atoms with Crippen LogP contribution >= 0.6 is 23.4 Å². The second-order valence-electron chi connectivity index (χ2n) is 3.33. The van der Waals surface area contributed by atoms with E-state index in [-0.39, 0.29) is 17.7 Å². The van der Waals surface area contributed by atoms with Crippen LogP contribution in [0.3, 0.4) is 0 Å². The van der Waals surface area contributed by atoms with E-state index < -0.39 is 0 Å². The van der Waals surface area contributed by atoms with Crippen molar-refractivity contribution in [2.24, 2.45) is 0 Å². The fourth-order valence-electron chi connectivity index (χ4n) is 1.21. The zero-order valence-corrected chi connectivity index (χ0v) is 11.6. The molecule has 0 saturated heterocycles. The smallest absolute Gasteiger partial charge is 0.306 e. The minimum Gasteiger partial charge on any atom is -0.469 e. The summed E-state index contributed by atoms with van der Waals surface area (Å²) in [5.74, 6) is 0.622. The molecule has 0 amide bonds. The first kappa shape index (κ1) is 13.8. The number of nitrogens with zero attached hydrogens (tertiary/aromatic N) is 5. The van der Waals surface area contributed by atoms with Gasteiger partial charge in [0.2, 0.25) is 11.2 Å². The molecule has 0 unspecified atom stereocenters. The monoisotopic (exact) mass is 299 g/mol. The summed E-state index contributed by atoms with van der Waals surface area (Å²) in [6.45, 7) is 0. The van der Waals surface area contributed by atoms with Crippen LogP contribution in [0.1, 0.15) is 6.42 Å². The van der Waals surface area contributed by atoms with E-state index in [0.29, 0.717) is 16.9 Å². The Morgan fingerprint density at radius 2 is 2.32 bits per heavy atom. The molecule has 0 aliphatic carbocycles. The van der Waals surface area contributed by atoms with Crippen LogP contribution in [0.4, 0.5) is 0 Å². The summed E-state index contributed by atoms with van der Waals surface area (Å²) in [6, 6.07) is 0. The molecule has 0 fully saturated rings. The molecule has 0 saturated carbocycles. The van der Waals surface area contributed by atoms with Crippen LogP contribution in [-0.2, 0) is 9.53 Å². The minimum absolute atomic E-state index is 0.0965. The number of methoxy groups -OCH3 is 1. The quantitative estimate of drug-likeness (QED) is 0.609. The van der Waals surface area contributed by atoms with Crippen LogP contribution in [0.2, 0.25) is 5.28 Å². The van der Waals surface area contributed by atoms with Crippen LogP contribution in [-0.4, -0.2) is 43.3 Å². The number of thioether (sulfide) groups is 1. The maximum Gasteiger partial charge on any atom is 0.306 e. The average molecular weight is 300 g/mol. The van der Waals surface area contributed by atoms with Gasteiger partial charge in [0.15, 0.2) is 5.16 Å². The van der Waals surface area contributed by atoms with Crippen molar-refractivity contribution >= 4 is 29.3 Å². The molecule has 0 aliphatic rings. The van der Waals surface area contributed by atoms with Gasteiger partial charge < -0.3 is 4.74 Å².